The zero-order chi connectivity index (χ0) is 23.0. The molecule has 0 unspecified atom stereocenters. The first kappa shape index (κ1) is 23.4. The van der Waals surface area contributed by atoms with Crippen LogP contribution in [0.5, 0.6) is 5.75 Å². The summed E-state index contributed by atoms with van der Waals surface area (Å²) in [7, 11) is -7.67. The molecule has 3 rings (SSSR count). The third kappa shape index (κ3) is 5.15. The van der Waals surface area contributed by atoms with Crippen molar-refractivity contribution in [3.05, 3.63) is 53.6 Å². The van der Waals surface area contributed by atoms with Crippen LogP contribution < -0.4 is 9.04 Å². The van der Waals surface area contributed by atoms with Crippen LogP contribution in [-0.4, -0.2) is 41.0 Å². The number of halogens is 3. The lowest BCUT2D eigenvalue weighted by molar-refractivity contribution is -0.137. The topological polar surface area (TPSA) is 80.8 Å². The highest BCUT2D eigenvalue weighted by Crippen LogP contribution is 2.39. The van der Waals surface area contributed by atoms with E-state index in [1.807, 2.05) is 0 Å². The monoisotopic (exact) mass is 477 g/mol. The van der Waals surface area contributed by atoms with Crippen molar-refractivity contribution < 1.29 is 34.7 Å². The molecule has 0 fully saturated rings. The van der Waals surface area contributed by atoms with E-state index in [1.165, 1.54) is 6.92 Å². The van der Waals surface area contributed by atoms with Crippen LogP contribution in [0.1, 0.15) is 24.5 Å². The molecule has 0 bridgehead atoms. The molecular weight excluding hydrogens is 455 g/mol. The Labute approximate surface area is 179 Å². The summed E-state index contributed by atoms with van der Waals surface area (Å²) in [6, 6.07) is 8.38. The zero-order valence-corrected chi connectivity index (χ0v) is 18.5. The van der Waals surface area contributed by atoms with E-state index in [0.717, 1.165) is 28.1 Å². The first-order valence-electron chi connectivity index (χ1n) is 9.51. The quantitative estimate of drug-likeness (QED) is 0.632. The summed E-state index contributed by atoms with van der Waals surface area (Å²) >= 11 is 0. The van der Waals surface area contributed by atoms with Gasteiger partial charge in [-0.1, -0.05) is 19.1 Å². The molecule has 6 nitrogen and oxygen atoms in total. The largest absolute Gasteiger partial charge is 0.486 e. The fourth-order valence-electron chi connectivity index (χ4n) is 3.22. The number of nitrogens with zero attached hydrogens (tertiary/aromatic N) is 1. The Morgan fingerprint density at radius 2 is 1.81 bits per heavy atom. The molecule has 0 radical (unpaired) electrons. The number of rotatable bonds is 6. The molecule has 0 aromatic heterocycles. The first-order valence-corrected chi connectivity index (χ1v) is 12.8. The minimum Gasteiger partial charge on any atom is -0.486 e. The molecule has 1 atom stereocenters. The Hall–Kier alpha value is -2.27. The Bertz CT molecular complexity index is 1180. The van der Waals surface area contributed by atoms with Gasteiger partial charge in [0.05, 0.1) is 28.4 Å². The highest BCUT2D eigenvalue weighted by atomic mass is 32.2. The molecule has 0 N–H and O–H groups in total. The van der Waals surface area contributed by atoms with Crippen LogP contribution in [0.15, 0.2) is 47.4 Å². The molecule has 0 amide bonds. The lowest BCUT2D eigenvalue weighted by Crippen LogP contribution is -2.44. The zero-order valence-electron chi connectivity index (χ0n) is 16.9. The summed E-state index contributed by atoms with van der Waals surface area (Å²) in [5.74, 6) is -0.0135. The molecule has 0 aliphatic carbocycles. The van der Waals surface area contributed by atoms with Crippen molar-refractivity contribution in [1.82, 2.24) is 0 Å². The summed E-state index contributed by atoms with van der Waals surface area (Å²) in [5, 5.41) is 0. The van der Waals surface area contributed by atoms with E-state index >= 15 is 0 Å². The van der Waals surface area contributed by atoms with Crippen LogP contribution in [0, 0.1) is 6.92 Å². The van der Waals surface area contributed by atoms with Crippen molar-refractivity contribution in [3.8, 4) is 5.75 Å². The van der Waals surface area contributed by atoms with Crippen LogP contribution in [0.25, 0.3) is 0 Å². The minimum absolute atomic E-state index is 0.0537. The predicted octanol–water partition coefficient (Wildman–Crippen LogP) is 3.79. The van der Waals surface area contributed by atoms with Crippen molar-refractivity contribution in [2.24, 2.45) is 0 Å². The second kappa shape index (κ2) is 8.34. The van der Waals surface area contributed by atoms with Gasteiger partial charge in [-0.3, -0.25) is 4.31 Å². The molecule has 0 saturated carbocycles. The molecular formula is C20H22F3NO5S2. The van der Waals surface area contributed by atoms with E-state index in [1.54, 1.807) is 25.1 Å². The number of hydrogen-bond donors (Lipinski definition) is 0. The standard InChI is InChI=1S/C20H22F3NO5S2/c1-3-30(25,26)10-9-16-13-24(18-11-14(2)7-8-19(18)29-16)31(27,28)17-6-4-5-15(12-17)20(21,22)23/h4-8,11-12,16H,3,9-10,13H2,1-2H3/t16-/m0/s1. The summed E-state index contributed by atoms with van der Waals surface area (Å²) in [4.78, 5) is -0.503. The van der Waals surface area contributed by atoms with E-state index in [4.69, 9.17) is 4.74 Å². The molecule has 0 saturated heterocycles. The normalized spacial score (nSPS) is 17.2. The van der Waals surface area contributed by atoms with E-state index < -0.39 is 42.6 Å². The molecule has 1 aliphatic heterocycles. The minimum atomic E-state index is -4.69. The van der Waals surface area contributed by atoms with Gasteiger partial charge in [-0.25, -0.2) is 16.8 Å². The molecule has 170 valence electrons. The molecule has 1 heterocycles. The Morgan fingerprint density at radius 3 is 2.45 bits per heavy atom. The number of ether oxygens (including phenoxy) is 1. The van der Waals surface area contributed by atoms with Crippen LogP contribution in [-0.2, 0) is 26.0 Å². The predicted molar refractivity (Wildman–Crippen MR) is 111 cm³/mol. The van der Waals surface area contributed by atoms with E-state index in [0.29, 0.717) is 6.07 Å². The van der Waals surface area contributed by atoms with Crippen molar-refractivity contribution in [2.75, 3.05) is 22.4 Å². The van der Waals surface area contributed by atoms with Crippen LogP contribution in [0.4, 0.5) is 18.9 Å². The molecule has 1 aliphatic rings. The Morgan fingerprint density at radius 1 is 1.10 bits per heavy atom. The van der Waals surface area contributed by atoms with E-state index in [9.17, 15) is 30.0 Å². The Balaban J connectivity index is 2.02. The summed E-state index contributed by atoms with van der Waals surface area (Å²) in [6.07, 6.45) is -5.41. The van der Waals surface area contributed by atoms with E-state index in [2.05, 4.69) is 0 Å². The van der Waals surface area contributed by atoms with Crippen molar-refractivity contribution in [3.63, 3.8) is 0 Å². The maximum Gasteiger partial charge on any atom is 0.416 e. The van der Waals surface area contributed by atoms with Crippen molar-refractivity contribution in [1.29, 1.82) is 0 Å². The lowest BCUT2D eigenvalue weighted by Gasteiger charge is -2.35. The van der Waals surface area contributed by atoms with Gasteiger partial charge in [0.15, 0.2) is 0 Å². The molecule has 31 heavy (non-hydrogen) atoms. The number of sulfone groups is 1. The first-order chi connectivity index (χ1) is 14.3. The Kier molecular flexibility index (Phi) is 6.30. The second-order valence-electron chi connectivity index (χ2n) is 7.30. The van der Waals surface area contributed by atoms with Crippen LogP contribution in [0.3, 0.4) is 0 Å². The van der Waals surface area contributed by atoms with Gasteiger partial charge in [0, 0.05) is 5.75 Å². The fraction of sp³-hybridized carbons (Fsp3) is 0.400. The average molecular weight is 478 g/mol. The lowest BCUT2D eigenvalue weighted by atomic mass is 10.1. The number of benzene rings is 2. The van der Waals surface area contributed by atoms with Gasteiger partial charge in [-0.15, -0.1) is 0 Å². The summed E-state index contributed by atoms with van der Waals surface area (Å²) < 4.78 is 96.5. The van der Waals surface area contributed by atoms with E-state index in [-0.39, 0.29) is 35.9 Å². The van der Waals surface area contributed by atoms with Gasteiger partial charge in [0.2, 0.25) is 0 Å². The van der Waals surface area contributed by atoms with Crippen molar-refractivity contribution >= 4 is 25.5 Å². The number of aryl methyl sites for hydroxylation is 1. The SMILES string of the molecule is CCS(=O)(=O)CC[C@H]1CN(S(=O)(=O)c2cccc(C(F)(F)F)c2)c2cc(C)ccc2O1. The fourth-order valence-corrected chi connectivity index (χ4v) is 5.67. The summed E-state index contributed by atoms with van der Waals surface area (Å²) in [6.45, 7) is 3.04. The smallest absolute Gasteiger partial charge is 0.416 e. The number of fused-ring (bicyclic) bond motifs is 1. The third-order valence-electron chi connectivity index (χ3n) is 4.99. The number of alkyl halides is 3. The maximum atomic E-state index is 13.3. The highest BCUT2D eigenvalue weighted by molar-refractivity contribution is 7.93. The van der Waals surface area contributed by atoms with Crippen LogP contribution in [0.2, 0.25) is 0 Å². The molecule has 0 spiro atoms. The second-order valence-corrected chi connectivity index (χ2v) is 11.6. The average Bonchev–Trinajstić information content (AvgIpc) is 2.71. The van der Waals surface area contributed by atoms with Gasteiger partial charge < -0.3 is 4.74 Å². The number of sulfonamides is 1. The van der Waals surface area contributed by atoms with Gasteiger partial charge in [0.25, 0.3) is 10.0 Å². The molecule has 2 aromatic rings. The molecule has 2 aromatic carbocycles. The number of hydrogen-bond acceptors (Lipinski definition) is 5. The third-order valence-corrected chi connectivity index (χ3v) is 8.50. The molecule has 11 heteroatoms. The van der Waals surface area contributed by atoms with Gasteiger partial charge in [-0.2, -0.15) is 13.2 Å². The maximum absolute atomic E-state index is 13.3. The van der Waals surface area contributed by atoms with Crippen molar-refractivity contribution in [2.45, 2.75) is 37.4 Å². The summed E-state index contributed by atoms with van der Waals surface area (Å²) in [5.41, 5.74) is -0.137. The van der Waals surface area contributed by atoms with Gasteiger partial charge in [0.1, 0.15) is 21.7 Å². The van der Waals surface area contributed by atoms with Gasteiger partial charge >= 0.3 is 6.18 Å². The highest BCUT2D eigenvalue weighted by Gasteiger charge is 2.37. The number of anilines is 1. The van der Waals surface area contributed by atoms with Crippen LogP contribution >= 0.6 is 0 Å². The van der Waals surface area contributed by atoms with Gasteiger partial charge in [-0.05, 0) is 49.2 Å².